The molecule has 1 aliphatic rings. The number of aliphatic hydroxyl groups is 1. The minimum atomic E-state index is -0.798. The molecule has 3 heterocycles. The van der Waals surface area contributed by atoms with Gasteiger partial charge in [0.25, 0.3) is 0 Å². The van der Waals surface area contributed by atoms with Gasteiger partial charge in [-0.05, 0) is 67.7 Å². The molecule has 154 valence electrons. The summed E-state index contributed by atoms with van der Waals surface area (Å²) in [6.07, 6.45) is 5.98. The third-order valence-corrected chi connectivity index (χ3v) is 6.18. The molecule has 4 aromatic rings. The molecule has 5 rings (SSSR count). The van der Waals surface area contributed by atoms with Crippen LogP contribution in [0, 0.1) is 0 Å². The van der Waals surface area contributed by atoms with Crippen molar-refractivity contribution >= 4 is 21.8 Å². The molecule has 0 radical (unpaired) electrons. The summed E-state index contributed by atoms with van der Waals surface area (Å²) < 4.78 is 5.81. The van der Waals surface area contributed by atoms with Gasteiger partial charge in [0.15, 0.2) is 6.29 Å². The lowest BCUT2D eigenvalue weighted by atomic mass is 9.90. The second-order valence-electron chi connectivity index (χ2n) is 8.13. The highest BCUT2D eigenvalue weighted by Crippen LogP contribution is 2.30. The third-order valence-electron chi connectivity index (χ3n) is 6.18. The molecule has 1 atom stereocenters. The Bertz CT molecular complexity index is 1130. The minimum absolute atomic E-state index is 0.561. The van der Waals surface area contributed by atoms with Crippen LogP contribution in [0.15, 0.2) is 67.0 Å². The molecule has 0 spiro atoms. The molecule has 2 N–H and O–H groups in total. The minimum Gasteiger partial charge on any atom is -0.464 e. The summed E-state index contributed by atoms with van der Waals surface area (Å²) in [7, 11) is 0. The summed E-state index contributed by atoms with van der Waals surface area (Å²) in [4.78, 5) is 10.2. The van der Waals surface area contributed by atoms with Crippen LogP contribution in [0.3, 0.4) is 0 Å². The van der Waals surface area contributed by atoms with Crippen molar-refractivity contribution in [2.24, 2.45) is 0 Å². The number of aliphatic hydroxyl groups excluding tert-OH is 1. The SMILES string of the molecule is OC(CCN1CCC(c2cnc3ccccc3c2)CC1)Oc1cccc2[nH]ccc12. The molecule has 0 aliphatic carbocycles. The summed E-state index contributed by atoms with van der Waals surface area (Å²) in [6, 6.07) is 18.4. The molecule has 30 heavy (non-hydrogen) atoms. The van der Waals surface area contributed by atoms with Gasteiger partial charge in [0.05, 0.1) is 5.52 Å². The third kappa shape index (κ3) is 4.04. The number of hydrogen-bond acceptors (Lipinski definition) is 4. The number of aromatic nitrogens is 2. The monoisotopic (exact) mass is 401 g/mol. The summed E-state index contributed by atoms with van der Waals surface area (Å²) in [5.74, 6) is 1.29. The molecule has 1 aliphatic heterocycles. The van der Waals surface area contributed by atoms with Crippen molar-refractivity contribution in [3.05, 3.63) is 72.6 Å². The average Bonchev–Trinajstić information content (AvgIpc) is 3.28. The van der Waals surface area contributed by atoms with Gasteiger partial charge >= 0.3 is 0 Å². The molecule has 1 fully saturated rings. The standard InChI is InChI=1S/C25H27N3O2/c29-25(30-24-7-3-6-23-21(24)8-12-26-23)11-15-28-13-9-18(10-14-28)20-16-19-4-1-2-5-22(19)27-17-20/h1-8,12,16-18,25-26,29H,9-11,13-15H2. The Morgan fingerprint density at radius 3 is 2.87 bits per heavy atom. The van der Waals surface area contributed by atoms with Crippen molar-refractivity contribution in [2.45, 2.75) is 31.5 Å². The Hall–Kier alpha value is -2.89. The van der Waals surface area contributed by atoms with Gasteiger partial charge in [-0.2, -0.15) is 0 Å². The molecular weight excluding hydrogens is 374 g/mol. The number of para-hydroxylation sites is 1. The van der Waals surface area contributed by atoms with Gasteiger partial charge in [-0.1, -0.05) is 24.3 Å². The van der Waals surface area contributed by atoms with Gasteiger partial charge in [-0.3, -0.25) is 4.98 Å². The first-order valence-electron chi connectivity index (χ1n) is 10.7. The van der Waals surface area contributed by atoms with E-state index >= 15 is 0 Å². The van der Waals surface area contributed by atoms with E-state index in [0.717, 1.165) is 54.6 Å². The maximum Gasteiger partial charge on any atom is 0.198 e. The topological polar surface area (TPSA) is 61.4 Å². The Kier molecular flexibility index (Phi) is 5.39. The fourth-order valence-electron chi connectivity index (χ4n) is 4.46. The Morgan fingerprint density at radius 2 is 1.97 bits per heavy atom. The van der Waals surface area contributed by atoms with Crippen LogP contribution < -0.4 is 4.74 Å². The number of hydrogen-bond donors (Lipinski definition) is 2. The van der Waals surface area contributed by atoms with Gasteiger partial charge in [0.1, 0.15) is 5.75 Å². The maximum atomic E-state index is 10.4. The number of nitrogens with one attached hydrogen (secondary N) is 1. The van der Waals surface area contributed by atoms with Crippen molar-refractivity contribution in [2.75, 3.05) is 19.6 Å². The normalized spacial score (nSPS) is 16.8. The van der Waals surface area contributed by atoms with Crippen LogP contribution in [0.25, 0.3) is 21.8 Å². The van der Waals surface area contributed by atoms with E-state index in [1.807, 2.05) is 42.7 Å². The van der Waals surface area contributed by atoms with Crippen molar-refractivity contribution in [1.29, 1.82) is 0 Å². The Balaban J connectivity index is 1.13. The van der Waals surface area contributed by atoms with E-state index in [9.17, 15) is 5.11 Å². The first-order chi connectivity index (χ1) is 14.8. The lowest BCUT2D eigenvalue weighted by Crippen LogP contribution is -2.35. The lowest BCUT2D eigenvalue weighted by Gasteiger charge is -2.32. The van der Waals surface area contributed by atoms with E-state index in [-0.39, 0.29) is 0 Å². The second-order valence-corrected chi connectivity index (χ2v) is 8.13. The number of H-pyrrole nitrogens is 1. The highest BCUT2D eigenvalue weighted by Gasteiger charge is 2.22. The maximum absolute atomic E-state index is 10.4. The zero-order chi connectivity index (χ0) is 20.3. The number of aromatic amines is 1. The van der Waals surface area contributed by atoms with Crippen molar-refractivity contribution in [3.8, 4) is 5.75 Å². The molecule has 0 bridgehead atoms. The number of likely N-dealkylation sites (tertiary alicyclic amines) is 1. The van der Waals surface area contributed by atoms with Crippen molar-refractivity contribution in [3.63, 3.8) is 0 Å². The van der Waals surface area contributed by atoms with Crippen LogP contribution in [0.4, 0.5) is 0 Å². The van der Waals surface area contributed by atoms with Crippen LogP contribution >= 0.6 is 0 Å². The Morgan fingerprint density at radius 1 is 1.10 bits per heavy atom. The van der Waals surface area contributed by atoms with Crippen molar-refractivity contribution < 1.29 is 9.84 Å². The molecular formula is C25H27N3O2. The highest BCUT2D eigenvalue weighted by atomic mass is 16.6. The molecule has 1 unspecified atom stereocenters. The first-order valence-corrected chi connectivity index (χ1v) is 10.7. The summed E-state index contributed by atoms with van der Waals surface area (Å²) in [5.41, 5.74) is 3.42. The average molecular weight is 402 g/mol. The van der Waals surface area contributed by atoms with Crippen LogP contribution in [-0.2, 0) is 0 Å². The van der Waals surface area contributed by atoms with Crippen LogP contribution in [0.5, 0.6) is 5.75 Å². The number of ether oxygens (including phenoxy) is 1. The molecule has 1 saturated heterocycles. The second kappa shape index (κ2) is 8.46. The summed E-state index contributed by atoms with van der Waals surface area (Å²) in [6.45, 7) is 2.92. The number of piperidine rings is 1. The van der Waals surface area contributed by atoms with E-state index in [1.54, 1.807) is 0 Å². The van der Waals surface area contributed by atoms with Gasteiger partial charge in [-0.25, -0.2) is 0 Å². The van der Waals surface area contributed by atoms with Crippen molar-refractivity contribution in [1.82, 2.24) is 14.9 Å². The number of benzene rings is 2. The fourth-order valence-corrected chi connectivity index (χ4v) is 4.46. The number of nitrogens with zero attached hydrogens (tertiary/aromatic N) is 2. The van der Waals surface area contributed by atoms with Gasteiger partial charge in [0, 0.05) is 41.6 Å². The van der Waals surface area contributed by atoms with E-state index in [2.05, 4.69) is 39.1 Å². The van der Waals surface area contributed by atoms with Crippen LogP contribution in [0.1, 0.15) is 30.7 Å². The molecule has 0 amide bonds. The van der Waals surface area contributed by atoms with Gasteiger partial charge < -0.3 is 19.7 Å². The summed E-state index contributed by atoms with van der Waals surface area (Å²) in [5, 5.41) is 12.6. The molecule has 2 aromatic carbocycles. The predicted octanol–water partition coefficient (Wildman–Crippen LogP) is 4.68. The van der Waals surface area contributed by atoms with Gasteiger partial charge in [0.2, 0.25) is 0 Å². The summed E-state index contributed by atoms with van der Waals surface area (Å²) >= 11 is 0. The lowest BCUT2D eigenvalue weighted by molar-refractivity contribution is -0.0290. The smallest absolute Gasteiger partial charge is 0.198 e. The molecule has 0 saturated carbocycles. The molecule has 5 nitrogen and oxygen atoms in total. The highest BCUT2D eigenvalue weighted by molar-refractivity contribution is 5.85. The van der Waals surface area contributed by atoms with E-state index in [4.69, 9.17) is 4.74 Å². The van der Waals surface area contributed by atoms with E-state index in [1.165, 1.54) is 10.9 Å². The number of fused-ring (bicyclic) bond motifs is 2. The first kappa shape index (κ1) is 19.1. The number of pyridine rings is 1. The Labute approximate surface area is 176 Å². The van der Waals surface area contributed by atoms with Crippen LogP contribution in [-0.4, -0.2) is 45.9 Å². The zero-order valence-corrected chi connectivity index (χ0v) is 17.0. The predicted molar refractivity (Wildman–Crippen MR) is 120 cm³/mol. The van der Waals surface area contributed by atoms with Gasteiger partial charge in [-0.15, -0.1) is 0 Å². The largest absolute Gasteiger partial charge is 0.464 e. The molecule has 5 heteroatoms. The fraction of sp³-hybridized carbons (Fsp3) is 0.320. The van der Waals surface area contributed by atoms with E-state index in [0.29, 0.717) is 12.3 Å². The zero-order valence-electron chi connectivity index (χ0n) is 17.0. The van der Waals surface area contributed by atoms with Crippen LogP contribution in [0.2, 0.25) is 0 Å². The molecule has 2 aromatic heterocycles. The number of rotatable bonds is 6. The van der Waals surface area contributed by atoms with E-state index < -0.39 is 6.29 Å². The quantitative estimate of drug-likeness (QED) is 0.461.